The number of hydrogen-bond acceptors (Lipinski definition) is 7. The number of aromatic nitrogens is 2. The lowest BCUT2D eigenvalue weighted by Gasteiger charge is -2.31. The lowest BCUT2D eigenvalue weighted by atomic mass is 10.1. The Balaban J connectivity index is 1.58. The van der Waals surface area contributed by atoms with Gasteiger partial charge in [-0.2, -0.15) is 0 Å². The van der Waals surface area contributed by atoms with Crippen LogP contribution in [0.15, 0.2) is 34.1 Å². The second kappa shape index (κ2) is 7.48. The number of aromatic carboxylic acids is 1. The zero-order valence-corrected chi connectivity index (χ0v) is 15.2. The van der Waals surface area contributed by atoms with E-state index in [0.29, 0.717) is 25.9 Å². The first-order valence-electron chi connectivity index (χ1n) is 7.77. The lowest BCUT2D eigenvalue weighted by molar-refractivity contribution is 0.0678. The normalized spacial score (nSPS) is 15.8. The number of carboxylic acid groups (broad SMARTS) is 1. The second-order valence-corrected chi connectivity index (χ2v) is 8.60. The molecule has 0 spiro atoms. The van der Waals surface area contributed by atoms with Gasteiger partial charge in [-0.05, 0) is 24.3 Å². The fraction of sp³-hybridized carbons (Fsp3) is 0.333. The maximum absolute atomic E-state index is 12.4. The number of likely N-dealkylation sites (tertiary alicyclic amines) is 1. The smallest absolute Gasteiger partial charge is 0.356 e. The molecule has 11 heteroatoms. The van der Waals surface area contributed by atoms with Crippen molar-refractivity contribution in [2.45, 2.75) is 23.1 Å². The SMILES string of the molecule is O=C(O)c1cnc(C(=O)N2CCC(NS(=O)(=O)c3cccs3)CC2)cn1. The van der Waals surface area contributed by atoms with Gasteiger partial charge in [-0.1, -0.05) is 6.07 Å². The third-order valence-corrected chi connectivity index (χ3v) is 6.87. The molecule has 1 amide bonds. The van der Waals surface area contributed by atoms with Crippen molar-refractivity contribution >= 4 is 33.2 Å². The summed E-state index contributed by atoms with van der Waals surface area (Å²) in [5.41, 5.74) is -0.171. The van der Waals surface area contributed by atoms with Crippen LogP contribution < -0.4 is 4.72 Å². The van der Waals surface area contributed by atoms with Crippen LogP contribution in [0.3, 0.4) is 0 Å². The molecule has 9 nitrogen and oxygen atoms in total. The number of hydrogen-bond donors (Lipinski definition) is 2. The highest BCUT2D eigenvalue weighted by Crippen LogP contribution is 2.19. The molecule has 0 radical (unpaired) electrons. The average molecular weight is 396 g/mol. The van der Waals surface area contributed by atoms with E-state index < -0.39 is 16.0 Å². The number of sulfonamides is 1. The Morgan fingerprint density at radius 3 is 2.38 bits per heavy atom. The number of carbonyl (C=O) groups is 2. The first-order valence-corrected chi connectivity index (χ1v) is 10.1. The molecule has 1 saturated heterocycles. The molecular weight excluding hydrogens is 380 g/mol. The molecule has 2 N–H and O–H groups in total. The summed E-state index contributed by atoms with van der Waals surface area (Å²) >= 11 is 1.15. The Morgan fingerprint density at radius 1 is 1.19 bits per heavy atom. The molecule has 3 heterocycles. The molecule has 26 heavy (non-hydrogen) atoms. The van der Waals surface area contributed by atoms with Crippen LogP contribution in [0, 0.1) is 0 Å². The van der Waals surface area contributed by atoms with Crippen molar-refractivity contribution in [3.8, 4) is 0 Å². The molecule has 0 aromatic carbocycles. The van der Waals surface area contributed by atoms with Crippen molar-refractivity contribution in [1.82, 2.24) is 19.6 Å². The predicted molar refractivity (Wildman–Crippen MR) is 92.6 cm³/mol. The molecule has 0 atom stereocenters. The average Bonchev–Trinajstić information content (AvgIpc) is 3.17. The summed E-state index contributed by atoms with van der Waals surface area (Å²) < 4.78 is 27.4. The first kappa shape index (κ1) is 18.4. The third kappa shape index (κ3) is 4.06. The molecule has 1 aliphatic heterocycles. The van der Waals surface area contributed by atoms with Crippen LogP contribution in [0.25, 0.3) is 0 Å². The van der Waals surface area contributed by atoms with E-state index in [1.807, 2.05) is 0 Å². The number of nitrogens with zero attached hydrogens (tertiary/aromatic N) is 3. The summed E-state index contributed by atoms with van der Waals surface area (Å²) in [5, 5.41) is 10.5. The summed E-state index contributed by atoms with van der Waals surface area (Å²) in [6, 6.07) is 2.98. The molecule has 2 aromatic heterocycles. The quantitative estimate of drug-likeness (QED) is 0.765. The van der Waals surface area contributed by atoms with Gasteiger partial charge in [0, 0.05) is 19.1 Å². The van der Waals surface area contributed by atoms with E-state index in [1.165, 1.54) is 0 Å². The van der Waals surface area contributed by atoms with E-state index in [2.05, 4.69) is 14.7 Å². The second-order valence-electron chi connectivity index (χ2n) is 5.71. The summed E-state index contributed by atoms with van der Waals surface area (Å²) in [5.74, 6) is -1.57. The Morgan fingerprint density at radius 2 is 1.85 bits per heavy atom. The van der Waals surface area contributed by atoms with Gasteiger partial charge < -0.3 is 10.0 Å². The van der Waals surface area contributed by atoms with E-state index >= 15 is 0 Å². The van der Waals surface area contributed by atoms with Gasteiger partial charge in [-0.3, -0.25) is 4.79 Å². The molecule has 0 bridgehead atoms. The van der Waals surface area contributed by atoms with E-state index in [-0.39, 0.29) is 27.5 Å². The Labute approximate surface area is 153 Å². The van der Waals surface area contributed by atoms with Crippen molar-refractivity contribution in [1.29, 1.82) is 0 Å². The van der Waals surface area contributed by atoms with Crippen LogP contribution in [0.5, 0.6) is 0 Å². The van der Waals surface area contributed by atoms with Gasteiger partial charge in [-0.25, -0.2) is 27.9 Å². The number of carbonyl (C=O) groups excluding carboxylic acids is 1. The van der Waals surface area contributed by atoms with Crippen molar-refractivity contribution in [3.63, 3.8) is 0 Å². The zero-order valence-electron chi connectivity index (χ0n) is 13.5. The molecule has 138 valence electrons. The number of thiophene rings is 1. The van der Waals surface area contributed by atoms with E-state index in [1.54, 1.807) is 22.4 Å². The molecular formula is C15H16N4O5S2. The molecule has 1 aliphatic rings. The first-order chi connectivity index (χ1) is 12.4. The molecule has 0 saturated carbocycles. The Kier molecular flexibility index (Phi) is 5.30. The molecule has 3 rings (SSSR count). The highest BCUT2D eigenvalue weighted by atomic mass is 32.2. The van der Waals surface area contributed by atoms with Crippen LogP contribution in [0.2, 0.25) is 0 Å². The Bertz CT molecular complexity index is 889. The summed E-state index contributed by atoms with van der Waals surface area (Å²) in [7, 11) is -3.53. The van der Waals surface area contributed by atoms with E-state index in [9.17, 15) is 18.0 Å². The molecule has 2 aromatic rings. The van der Waals surface area contributed by atoms with Crippen molar-refractivity contribution in [2.75, 3.05) is 13.1 Å². The maximum atomic E-state index is 12.4. The van der Waals surface area contributed by atoms with Crippen LogP contribution in [-0.2, 0) is 10.0 Å². The third-order valence-electron chi connectivity index (χ3n) is 3.95. The highest BCUT2D eigenvalue weighted by molar-refractivity contribution is 7.91. The van der Waals surface area contributed by atoms with Gasteiger partial charge in [0.05, 0.1) is 12.4 Å². The molecule has 0 unspecified atom stereocenters. The summed E-state index contributed by atoms with van der Waals surface area (Å²) in [4.78, 5) is 32.2. The minimum absolute atomic E-state index is 0.0626. The van der Waals surface area contributed by atoms with Crippen molar-refractivity contribution in [2.24, 2.45) is 0 Å². The minimum atomic E-state index is -3.53. The number of rotatable bonds is 5. The monoisotopic (exact) mass is 396 g/mol. The number of nitrogens with one attached hydrogen (secondary N) is 1. The Hall–Kier alpha value is -2.37. The van der Waals surface area contributed by atoms with Crippen LogP contribution in [0.1, 0.15) is 33.8 Å². The highest BCUT2D eigenvalue weighted by Gasteiger charge is 2.28. The van der Waals surface area contributed by atoms with Gasteiger partial charge in [-0.15, -0.1) is 11.3 Å². The van der Waals surface area contributed by atoms with Crippen LogP contribution in [0.4, 0.5) is 0 Å². The van der Waals surface area contributed by atoms with Gasteiger partial charge in [0.15, 0.2) is 5.69 Å². The topological polar surface area (TPSA) is 130 Å². The molecule has 0 aliphatic carbocycles. The fourth-order valence-corrected chi connectivity index (χ4v) is 4.92. The van der Waals surface area contributed by atoms with E-state index in [0.717, 1.165) is 23.7 Å². The van der Waals surface area contributed by atoms with Crippen LogP contribution in [-0.4, -0.2) is 59.4 Å². The summed E-state index contributed by atoms with van der Waals surface area (Å²) in [6.45, 7) is 0.748. The fourth-order valence-electron chi connectivity index (χ4n) is 2.61. The van der Waals surface area contributed by atoms with Gasteiger partial charge in [0.2, 0.25) is 10.0 Å². The summed E-state index contributed by atoms with van der Waals surface area (Å²) in [6.07, 6.45) is 3.14. The van der Waals surface area contributed by atoms with Crippen molar-refractivity contribution in [3.05, 3.63) is 41.3 Å². The van der Waals surface area contributed by atoms with Gasteiger partial charge in [0.1, 0.15) is 9.90 Å². The zero-order chi connectivity index (χ0) is 18.7. The number of amides is 1. The largest absolute Gasteiger partial charge is 0.476 e. The van der Waals surface area contributed by atoms with Crippen LogP contribution >= 0.6 is 11.3 Å². The van der Waals surface area contributed by atoms with E-state index in [4.69, 9.17) is 5.11 Å². The minimum Gasteiger partial charge on any atom is -0.476 e. The lowest BCUT2D eigenvalue weighted by Crippen LogP contribution is -2.46. The standard InChI is InChI=1S/C15H16N4O5S2/c20-14(11-8-17-12(9-16-11)15(21)22)19-5-3-10(4-6-19)18-26(23,24)13-2-1-7-25-13/h1-2,7-10,18H,3-6H2,(H,21,22). The molecule has 1 fully saturated rings. The van der Waals surface area contributed by atoms with Gasteiger partial charge in [0.25, 0.3) is 5.91 Å². The number of piperidine rings is 1. The number of carboxylic acids is 1. The van der Waals surface area contributed by atoms with Gasteiger partial charge >= 0.3 is 5.97 Å². The predicted octanol–water partition coefficient (Wildman–Crippen LogP) is 0.819. The maximum Gasteiger partial charge on any atom is 0.356 e. The van der Waals surface area contributed by atoms with Crippen molar-refractivity contribution < 1.29 is 23.1 Å².